The van der Waals surface area contributed by atoms with Crippen molar-refractivity contribution in [3.63, 3.8) is 0 Å². The fourth-order valence-corrected chi connectivity index (χ4v) is 2.21. The summed E-state index contributed by atoms with van der Waals surface area (Å²) in [4.78, 5) is 12.0. The topological polar surface area (TPSA) is 64.3 Å². The van der Waals surface area contributed by atoms with Crippen molar-refractivity contribution in [2.24, 2.45) is 11.7 Å². The maximum Gasteiger partial charge on any atom is 0.222 e. The Balaban J connectivity index is 2.26. The number of carbonyl (C=O) groups excluding carboxylic acids is 1. The molecular formula is C17H28N2O2. The van der Waals surface area contributed by atoms with Gasteiger partial charge in [0, 0.05) is 18.5 Å². The molecule has 0 heterocycles. The first kappa shape index (κ1) is 17.5. The van der Waals surface area contributed by atoms with Gasteiger partial charge in [-0.15, -0.1) is 0 Å². The highest BCUT2D eigenvalue weighted by Gasteiger charge is 2.12. The van der Waals surface area contributed by atoms with E-state index in [0.717, 1.165) is 31.4 Å². The molecule has 0 bridgehead atoms. The highest BCUT2D eigenvalue weighted by Crippen LogP contribution is 2.13. The SMILES string of the molecule is COc1cccc(CCNC(=O)C(C)CCCC(C)N)c1. The molecule has 0 radical (unpaired) electrons. The summed E-state index contributed by atoms with van der Waals surface area (Å²) in [5, 5.41) is 3.00. The van der Waals surface area contributed by atoms with E-state index in [1.54, 1.807) is 7.11 Å². The first-order chi connectivity index (χ1) is 10.0. The van der Waals surface area contributed by atoms with Crippen molar-refractivity contribution in [3.8, 4) is 5.75 Å². The summed E-state index contributed by atoms with van der Waals surface area (Å²) in [6.07, 6.45) is 3.69. The number of carbonyl (C=O) groups is 1. The van der Waals surface area contributed by atoms with Gasteiger partial charge >= 0.3 is 0 Å². The molecule has 0 spiro atoms. The second-order valence-electron chi connectivity index (χ2n) is 5.70. The summed E-state index contributed by atoms with van der Waals surface area (Å²) in [6, 6.07) is 8.14. The van der Waals surface area contributed by atoms with Crippen molar-refractivity contribution in [1.29, 1.82) is 0 Å². The number of rotatable bonds is 9. The predicted molar refractivity (Wildman–Crippen MR) is 86.4 cm³/mol. The Hall–Kier alpha value is -1.55. The van der Waals surface area contributed by atoms with Crippen molar-refractivity contribution in [2.45, 2.75) is 45.6 Å². The van der Waals surface area contributed by atoms with E-state index in [4.69, 9.17) is 10.5 Å². The molecule has 4 heteroatoms. The number of nitrogens with two attached hydrogens (primary N) is 1. The van der Waals surface area contributed by atoms with Crippen LogP contribution in [0.5, 0.6) is 5.75 Å². The van der Waals surface area contributed by atoms with Gasteiger partial charge in [-0.2, -0.15) is 0 Å². The van der Waals surface area contributed by atoms with E-state index in [9.17, 15) is 4.79 Å². The summed E-state index contributed by atoms with van der Waals surface area (Å²) >= 11 is 0. The molecule has 1 aromatic carbocycles. The Kier molecular flexibility index (Phi) is 7.83. The monoisotopic (exact) mass is 292 g/mol. The Bertz CT molecular complexity index is 433. The van der Waals surface area contributed by atoms with Gasteiger partial charge in [0.25, 0.3) is 0 Å². The number of amides is 1. The summed E-state index contributed by atoms with van der Waals surface area (Å²) in [7, 11) is 1.66. The van der Waals surface area contributed by atoms with Crippen LogP contribution in [-0.4, -0.2) is 25.6 Å². The minimum Gasteiger partial charge on any atom is -0.497 e. The van der Waals surface area contributed by atoms with Crippen molar-refractivity contribution >= 4 is 5.91 Å². The molecule has 0 aliphatic carbocycles. The van der Waals surface area contributed by atoms with E-state index < -0.39 is 0 Å². The molecule has 4 nitrogen and oxygen atoms in total. The van der Waals surface area contributed by atoms with Crippen LogP contribution in [-0.2, 0) is 11.2 Å². The van der Waals surface area contributed by atoms with E-state index in [1.807, 2.05) is 38.1 Å². The predicted octanol–water partition coefficient (Wildman–Crippen LogP) is 2.51. The lowest BCUT2D eigenvalue weighted by molar-refractivity contribution is -0.124. The number of benzene rings is 1. The van der Waals surface area contributed by atoms with Gasteiger partial charge in [-0.25, -0.2) is 0 Å². The molecule has 0 fully saturated rings. The van der Waals surface area contributed by atoms with Crippen molar-refractivity contribution in [2.75, 3.05) is 13.7 Å². The van der Waals surface area contributed by atoms with Crippen LogP contribution >= 0.6 is 0 Å². The van der Waals surface area contributed by atoms with E-state index in [1.165, 1.54) is 5.56 Å². The number of nitrogens with one attached hydrogen (secondary N) is 1. The highest BCUT2D eigenvalue weighted by molar-refractivity contribution is 5.78. The van der Waals surface area contributed by atoms with Crippen LogP contribution in [0.2, 0.25) is 0 Å². The Morgan fingerprint density at radius 1 is 1.33 bits per heavy atom. The molecule has 1 amide bonds. The van der Waals surface area contributed by atoms with E-state index >= 15 is 0 Å². The first-order valence-corrected chi connectivity index (χ1v) is 7.69. The van der Waals surface area contributed by atoms with Crippen molar-refractivity contribution in [1.82, 2.24) is 5.32 Å². The molecule has 0 aromatic heterocycles. The van der Waals surface area contributed by atoms with Gasteiger partial charge in [0.2, 0.25) is 5.91 Å². The molecular weight excluding hydrogens is 264 g/mol. The smallest absolute Gasteiger partial charge is 0.222 e. The zero-order chi connectivity index (χ0) is 15.7. The summed E-state index contributed by atoms with van der Waals surface area (Å²) in [5.74, 6) is 1.03. The van der Waals surface area contributed by atoms with Gasteiger partial charge in [0.1, 0.15) is 5.75 Å². The van der Waals surface area contributed by atoms with Crippen LogP contribution in [0.15, 0.2) is 24.3 Å². The standard InChI is InChI=1S/C17H28N2O2/c1-13(6-4-7-14(2)18)17(20)19-11-10-15-8-5-9-16(12-15)21-3/h5,8-9,12-14H,4,6-7,10-11,18H2,1-3H3,(H,19,20). The molecule has 2 atom stereocenters. The van der Waals surface area contributed by atoms with Gasteiger partial charge in [0.05, 0.1) is 7.11 Å². The van der Waals surface area contributed by atoms with Gasteiger partial charge in [0.15, 0.2) is 0 Å². The molecule has 0 saturated heterocycles. The molecule has 2 unspecified atom stereocenters. The lowest BCUT2D eigenvalue weighted by Gasteiger charge is -2.13. The second kappa shape index (κ2) is 9.40. The quantitative estimate of drug-likeness (QED) is 0.735. The molecule has 3 N–H and O–H groups in total. The van der Waals surface area contributed by atoms with Crippen LogP contribution in [0.1, 0.15) is 38.7 Å². The Labute approximate surface area is 128 Å². The van der Waals surface area contributed by atoms with Crippen LogP contribution in [0.4, 0.5) is 0 Å². The minimum absolute atomic E-state index is 0.0501. The minimum atomic E-state index is 0.0501. The third-order valence-electron chi connectivity index (χ3n) is 3.59. The second-order valence-corrected chi connectivity index (χ2v) is 5.70. The fourth-order valence-electron chi connectivity index (χ4n) is 2.21. The van der Waals surface area contributed by atoms with Crippen LogP contribution in [0.25, 0.3) is 0 Å². The number of ether oxygens (including phenoxy) is 1. The third-order valence-corrected chi connectivity index (χ3v) is 3.59. The van der Waals surface area contributed by atoms with Gasteiger partial charge in [-0.1, -0.05) is 25.5 Å². The Morgan fingerprint density at radius 3 is 2.76 bits per heavy atom. The highest BCUT2D eigenvalue weighted by atomic mass is 16.5. The molecule has 21 heavy (non-hydrogen) atoms. The largest absolute Gasteiger partial charge is 0.497 e. The summed E-state index contributed by atoms with van der Waals surface area (Å²) in [6.45, 7) is 4.63. The van der Waals surface area contributed by atoms with Crippen LogP contribution < -0.4 is 15.8 Å². The van der Waals surface area contributed by atoms with Crippen LogP contribution in [0, 0.1) is 5.92 Å². The molecule has 0 aliphatic rings. The van der Waals surface area contributed by atoms with E-state index in [-0.39, 0.29) is 17.9 Å². The van der Waals surface area contributed by atoms with Gasteiger partial charge in [-0.05, 0) is 43.9 Å². The van der Waals surface area contributed by atoms with E-state index in [0.29, 0.717) is 6.54 Å². The first-order valence-electron chi connectivity index (χ1n) is 7.69. The normalized spacial score (nSPS) is 13.5. The molecule has 0 aliphatic heterocycles. The van der Waals surface area contributed by atoms with Gasteiger partial charge < -0.3 is 15.8 Å². The summed E-state index contributed by atoms with van der Waals surface area (Å²) < 4.78 is 5.19. The van der Waals surface area contributed by atoms with Crippen molar-refractivity contribution < 1.29 is 9.53 Å². The lowest BCUT2D eigenvalue weighted by atomic mass is 10.0. The van der Waals surface area contributed by atoms with Crippen molar-refractivity contribution in [3.05, 3.63) is 29.8 Å². The fraction of sp³-hybridized carbons (Fsp3) is 0.588. The van der Waals surface area contributed by atoms with Gasteiger partial charge in [-0.3, -0.25) is 4.79 Å². The zero-order valence-electron chi connectivity index (χ0n) is 13.4. The lowest BCUT2D eigenvalue weighted by Crippen LogP contribution is -2.31. The molecule has 118 valence electrons. The molecule has 0 saturated carbocycles. The third kappa shape index (κ3) is 7.14. The Morgan fingerprint density at radius 2 is 2.10 bits per heavy atom. The average molecular weight is 292 g/mol. The number of hydrogen-bond donors (Lipinski definition) is 2. The maximum absolute atomic E-state index is 12.0. The zero-order valence-corrected chi connectivity index (χ0v) is 13.4. The van der Waals surface area contributed by atoms with Crippen LogP contribution in [0.3, 0.4) is 0 Å². The molecule has 1 aromatic rings. The number of hydrogen-bond acceptors (Lipinski definition) is 3. The maximum atomic E-state index is 12.0. The molecule has 1 rings (SSSR count). The summed E-state index contributed by atoms with van der Waals surface area (Å²) in [5.41, 5.74) is 6.88. The van der Waals surface area contributed by atoms with E-state index in [2.05, 4.69) is 5.32 Å². The average Bonchev–Trinajstić information content (AvgIpc) is 2.46. The number of methoxy groups -OCH3 is 1.